The van der Waals surface area contributed by atoms with Gasteiger partial charge in [0.05, 0.1) is 18.1 Å². The van der Waals surface area contributed by atoms with Gasteiger partial charge in [0.15, 0.2) is 0 Å². The third-order valence-electron chi connectivity index (χ3n) is 3.54. The first kappa shape index (κ1) is 12.5. The van der Waals surface area contributed by atoms with Crippen LogP contribution in [0, 0.1) is 0 Å². The summed E-state index contributed by atoms with van der Waals surface area (Å²) in [4.78, 5) is 11.4. The Morgan fingerprint density at radius 1 is 1.40 bits per heavy atom. The minimum atomic E-state index is -0.986. The number of hydrogen-bond donors (Lipinski definition) is 1. The van der Waals surface area contributed by atoms with Crippen molar-refractivity contribution in [1.29, 1.82) is 0 Å². The second kappa shape index (κ2) is 4.10. The van der Waals surface area contributed by atoms with E-state index >= 15 is 0 Å². The molecule has 0 bridgehead atoms. The maximum atomic E-state index is 11.4. The Morgan fingerprint density at radius 3 is 2.47 bits per heavy atom. The molecule has 2 atom stereocenters. The summed E-state index contributed by atoms with van der Waals surface area (Å²) in [5, 5.41) is 11.4. The van der Waals surface area contributed by atoms with Crippen LogP contribution in [0.25, 0.3) is 0 Å². The highest BCUT2D eigenvalue weighted by Crippen LogP contribution is 2.28. The lowest BCUT2D eigenvalue weighted by atomic mass is 10.0. The monoisotopic (exact) mass is 214 g/mol. The predicted molar refractivity (Wildman–Crippen MR) is 57.0 cm³/mol. The van der Waals surface area contributed by atoms with Gasteiger partial charge in [-0.2, -0.15) is 0 Å². The van der Waals surface area contributed by atoms with Gasteiger partial charge >= 0.3 is 0 Å². The molecule has 4 heteroatoms. The number of nitrogens with two attached hydrogens (primary N) is 1. The number of carboxylic acid groups (broad SMARTS) is 1. The fourth-order valence-electron chi connectivity index (χ4n) is 2.42. The zero-order chi connectivity index (χ0) is 11.7. The summed E-state index contributed by atoms with van der Waals surface area (Å²) in [6.07, 6.45) is 1.87. The number of amides is 1. The molecule has 2 N–H and O–H groups in total. The molecule has 1 aliphatic rings. The molecule has 1 heterocycles. The van der Waals surface area contributed by atoms with Crippen LogP contribution in [0.15, 0.2) is 0 Å². The number of likely N-dealkylation sites (tertiary alicyclic amines) is 1. The molecule has 0 spiro atoms. The van der Waals surface area contributed by atoms with Gasteiger partial charge in [0.1, 0.15) is 6.54 Å². The van der Waals surface area contributed by atoms with Crippen molar-refractivity contribution in [2.24, 2.45) is 5.73 Å². The maximum absolute atomic E-state index is 11.4. The van der Waals surface area contributed by atoms with E-state index in [2.05, 4.69) is 0 Å². The normalized spacial score (nSPS) is 33.5. The highest BCUT2D eigenvalue weighted by Gasteiger charge is 2.44. The third kappa shape index (κ3) is 2.32. The number of carbonyl (C=O) groups excluding carboxylic acids is 1. The summed E-state index contributed by atoms with van der Waals surface area (Å²) >= 11 is 0. The van der Waals surface area contributed by atoms with E-state index in [0.717, 1.165) is 19.3 Å². The first-order valence-corrected chi connectivity index (χ1v) is 5.64. The summed E-state index contributed by atoms with van der Waals surface area (Å²) < 4.78 is -0.00579. The molecule has 1 unspecified atom stereocenters. The van der Waals surface area contributed by atoms with Gasteiger partial charge in [-0.3, -0.25) is 4.48 Å². The van der Waals surface area contributed by atoms with E-state index < -0.39 is 6.09 Å². The van der Waals surface area contributed by atoms with Crippen molar-refractivity contribution in [2.45, 2.75) is 51.6 Å². The second-order valence-corrected chi connectivity index (χ2v) is 5.57. The van der Waals surface area contributed by atoms with E-state index in [1.165, 1.54) is 0 Å². The first-order valence-electron chi connectivity index (χ1n) is 5.64. The zero-order valence-corrected chi connectivity index (χ0v) is 9.95. The molecule has 0 radical (unpaired) electrons. The van der Waals surface area contributed by atoms with Gasteiger partial charge in [0.2, 0.25) is 0 Å². The fourth-order valence-corrected chi connectivity index (χ4v) is 2.42. The summed E-state index contributed by atoms with van der Waals surface area (Å²) in [5.41, 5.74) is 5.59. The van der Waals surface area contributed by atoms with Gasteiger partial charge < -0.3 is 15.6 Å². The molecule has 1 rings (SSSR count). The van der Waals surface area contributed by atoms with Crippen LogP contribution in [-0.4, -0.2) is 35.2 Å². The molecule has 1 saturated heterocycles. The summed E-state index contributed by atoms with van der Waals surface area (Å²) in [6.45, 7) is 6.97. The topological polar surface area (TPSA) is 66.1 Å². The van der Waals surface area contributed by atoms with Gasteiger partial charge in [-0.15, -0.1) is 0 Å². The molecule has 1 amide bonds. The van der Waals surface area contributed by atoms with Crippen LogP contribution < -0.4 is 10.8 Å². The number of carbonyl (C=O) groups is 1. The lowest BCUT2D eigenvalue weighted by molar-refractivity contribution is -0.919. The molecule has 0 aromatic heterocycles. The van der Waals surface area contributed by atoms with E-state index in [9.17, 15) is 9.90 Å². The Bertz CT molecular complexity index is 247. The van der Waals surface area contributed by atoms with Gasteiger partial charge in [-0.25, -0.2) is 0 Å². The standard InChI is InChI=1S/C11H22N2O2/c1-11(2,3)13(10(14)15)7-5-4-6-9(12)8-13/h9H,4-8,12H2,1-3H3/t9-,13?/m0/s1. The smallest absolute Gasteiger partial charge is 0.257 e. The molecule has 15 heavy (non-hydrogen) atoms. The van der Waals surface area contributed by atoms with E-state index in [-0.39, 0.29) is 16.1 Å². The van der Waals surface area contributed by atoms with Crippen molar-refractivity contribution in [2.75, 3.05) is 13.1 Å². The van der Waals surface area contributed by atoms with Crippen molar-refractivity contribution in [3.63, 3.8) is 0 Å². The molecule has 1 fully saturated rings. The molecule has 4 nitrogen and oxygen atoms in total. The third-order valence-corrected chi connectivity index (χ3v) is 3.54. The molecule has 0 aromatic rings. The zero-order valence-electron chi connectivity index (χ0n) is 9.95. The summed E-state index contributed by atoms with van der Waals surface area (Å²) in [6, 6.07) is -0.0235. The van der Waals surface area contributed by atoms with Crippen LogP contribution in [0.5, 0.6) is 0 Å². The van der Waals surface area contributed by atoms with Gasteiger partial charge in [-0.05, 0) is 40.0 Å². The van der Waals surface area contributed by atoms with Crippen LogP contribution in [0.1, 0.15) is 40.0 Å². The van der Waals surface area contributed by atoms with Crippen molar-refractivity contribution in [1.82, 2.24) is 0 Å². The molecule has 0 aromatic carbocycles. The maximum Gasteiger partial charge on any atom is 0.257 e. The van der Waals surface area contributed by atoms with Crippen molar-refractivity contribution in [3.05, 3.63) is 0 Å². The highest BCUT2D eigenvalue weighted by molar-refractivity contribution is 5.54. The minimum Gasteiger partial charge on any atom is -0.498 e. The molecular formula is C11H22N2O2. The average Bonchev–Trinajstić information content (AvgIpc) is 2.26. The van der Waals surface area contributed by atoms with Crippen LogP contribution in [0.2, 0.25) is 0 Å². The van der Waals surface area contributed by atoms with Crippen LogP contribution in [0.4, 0.5) is 4.79 Å². The van der Waals surface area contributed by atoms with Crippen molar-refractivity contribution >= 4 is 6.09 Å². The van der Waals surface area contributed by atoms with Gasteiger partial charge in [0, 0.05) is 0 Å². The SMILES string of the molecule is CC(C)(C)[N+]1(C(=O)[O-])CCCC[C@H](N)C1. The lowest BCUT2D eigenvalue weighted by Gasteiger charge is -2.48. The van der Waals surface area contributed by atoms with E-state index in [4.69, 9.17) is 5.73 Å². The molecule has 0 saturated carbocycles. The van der Waals surface area contributed by atoms with Gasteiger partial charge in [0.25, 0.3) is 6.09 Å². The van der Waals surface area contributed by atoms with Crippen molar-refractivity contribution < 1.29 is 14.4 Å². The minimum absolute atomic E-state index is 0.00579. The van der Waals surface area contributed by atoms with Crippen LogP contribution in [0.3, 0.4) is 0 Å². The molecule has 1 aliphatic heterocycles. The van der Waals surface area contributed by atoms with Crippen molar-refractivity contribution in [3.8, 4) is 0 Å². The Morgan fingerprint density at radius 2 is 2.00 bits per heavy atom. The first-order chi connectivity index (χ1) is 6.79. The Kier molecular flexibility index (Phi) is 3.41. The number of hydrogen-bond acceptors (Lipinski definition) is 3. The summed E-state index contributed by atoms with van der Waals surface area (Å²) in [7, 11) is 0. The highest BCUT2D eigenvalue weighted by atomic mass is 16.4. The van der Waals surface area contributed by atoms with E-state index in [1.54, 1.807) is 0 Å². The molecule has 0 aliphatic carbocycles. The quantitative estimate of drug-likeness (QED) is 0.596. The number of nitrogens with zero attached hydrogens (tertiary/aromatic N) is 1. The lowest BCUT2D eigenvalue weighted by Crippen LogP contribution is -2.70. The van der Waals surface area contributed by atoms with Crippen LogP contribution >= 0.6 is 0 Å². The Balaban J connectivity index is 3.03. The Labute approximate surface area is 91.6 Å². The predicted octanol–water partition coefficient (Wildman–Crippen LogP) is 0.456. The second-order valence-electron chi connectivity index (χ2n) is 5.57. The number of rotatable bonds is 0. The van der Waals surface area contributed by atoms with Crippen LogP contribution in [-0.2, 0) is 0 Å². The average molecular weight is 214 g/mol. The van der Waals surface area contributed by atoms with E-state index in [0.29, 0.717) is 13.1 Å². The molecular weight excluding hydrogens is 192 g/mol. The molecule has 88 valence electrons. The fraction of sp³-hybridized carbons (Fsp3) is 0.909. The Hall–Kier alpha value is -0.610. The largest absolute Gasteiger partial charge is 0.498 e. The number of quaternary nitrogens is 1. The van der Waals surface area contributed by atoms with Gasteiger partial charge in [-0.1, -0.05) is 0 Å². The summed E-state index contributed by atoms with van der Waals surface area (Å²) in [5.74, 6) is 0. The van der Waals surface area contributed by atoms with E-state index in [1.807, 2.05) is 20.8 Å².